The van der Waals surface area contributed by atoms with Gasteiger partial charge in [0.15, 0.2) is 0 Å². The molecule has 1 N–H and O–H groups in total. The molecule has 1 aromatic heterocycles. The molecule has 0 saturated carbocycles. The molecule has 4 nitrogen and oxygen atoms in total. The van der Waals surface area contributed by atoms with Crippen molar-refractivity contribution in [3.63, 3.8) is 0 Å². The van der Waals surface area contributed by atoms with Crippen molar-refractivity contribution < 1.29 is 9.84 Å². The van der Waals surface area contributed by atoms with E-state index in [9.17, 15) is 5.11 Å². The third-order valence-electron chi connectivity index (χ3n) is 3.18. The van der Waals surface area contributed by atoms with E-state index in [1.54, 1.807) is 6.20 Å². The third kappa shape index (κ3) is 2.82. The second-order valence-corrected chi connectivity index (χ2v) is 5.68. The summed E-state index contributed by atoms with van der Waals surface area (Å²) in [5.74, 6) is 0. The third-order valence-corrected chi connectivity index (χ3v) is 3.18. The van der Waals surface area contributed by atoms with Crippen molar-refractivity contribution >= 4 is 5.69 Å². The average Bonchev–Trinajstić information content (AvgIpc) is 2.26. The van der Waals surface area contributed by atoms with Gasteiger partial charge in [0.05, 0.1) is 18.3 Å². The number of anilines is 1. The van der Waals surface area contributed by atoms with Gasteiger partial charge in [-0.2, -0.15) is 0 Å². The van der Waals surface area contributed by atoms with E-state index in [1.165, 1.54) is 0 Å². The maximum atomic E-state index is 9.44. The van der Waals surface area contributed by atoms with Gasteiger partial charge < -0.3 is 14.7 Å². The number of aliphatic hydroxyl groups excluding tert-OH is 1. The van der Waals surface area contributed by atoms with Crippen LogP contribution in [-0.4, -0.2) is 34.9 Å². The number of aromatic nitrogens is 1. The zero-order chi connectivity index (χ0) is 13.3. The fourth-order valence-electron chi connectivity index (χ4n) is 2.63. The van der Waals surface area contributed by atoms with E-state index in [4.69, 9.17) is 4.74 Å². The molecular formula is C14H22N2O2. The van der Waals surface area contributed by atoms with Crippen LogP contribution in [0.5, 0.6) is 0 Å². The van der Waals surface area contributed by atoms with Crippen molar-refractivity contribution in [1.29, 1.82) is 0 Å². The van der Waals surface area contributed by atoms with E-state index < -0.39 is 0 Å². The second-order valence-electron chi connectivity index (χ2n) is 5.68. The zero-order valence-electron chi connectivity index (χ0n) is 11.6. The van der Waals surface area contributed by atoms with Gasteiger partial charge in [0.1, 0.15) is 0 Å². The molecule has 18 heavy (non-hydrogen) atoms. The Bertz CT molecular complexity index is 432. The highest BCUT2D eigenvalue weighted by atomic mass is 16.5. The lowest BCUT2D eigenvalue weighted by molar-refractivity contribution is -0.0750. The molecule has 100 valence electrons. The minimum atomic E-state index is -0.165. The molecule has 1 aliphatic rings. The van der Waals surface area contributed by atoms with Gasteiger partial charge >= 0.3 is 0 Å². The summed E-state index contributed by atoms with van der Waals surface area (Å²) in [5, 5.41) is 9.44. The highest BCUT2D eigenvalue weighted by molar-refractivity contribution is 5.54. The molecule has 4 heteroatoms. The topological polar surface area (TPSA) is 45.6 Å². The fourth-order valence-corrected chi connectivity index (χ4v) is 2.63. The van der Waals surface area contributed by atoms with Crippen molar-refractivity contribution in [1.82, 2.24) is 4.98 Å². The van der Waals surface area contributed by atoms with Gasteiger partial charge in [-0.25, -0.2) is 0 Å². The number of hydrogen-bond donors (Lipinski definition) is 1. The molecule has 0 aromatic carbocycles. The van der Waals surface area contributed by atoms with Crippen LogP contribution in [0.15, 0.2) is 12.3 Å². The summed E-state index contributed by atoms with van der Waals surface area (Å²) in [6, 6.07) is 2.04. The first-order valence-electron chi connectivity index (χ1n) is 6.40. The molecule has 1 aliphatic heterocycles. The van der Waals surface area contributed by atoms with E-state index in [-0.39, 0.29) is 18.3 Å². The molecule has 0 aliphatic carbocycles. The van der Waals surface area contributed by atoms with E-state index >= 15 is 0 Å². The maximum absolute atomic E-state index is 9.44. The standard InChI is InChI=1S/C14H22N2O2/c1-10-5-13(12(8-17)6-15-10)16-7-11(2)18-14(3,4)9-16/h5-6,11,17H,7-9H2,1-4H3. The van der Waals surface area contributed by atoms with Crippen LogP contribution in [-0.2, 0) is 11.3 Å². The minimum absolute atomic E-state index is 0.0226. The largest absolute Gasteiger partial charge is 0.392 e. The summed E-state index contributed by atoms with van der Waals surface area (Å²) >= 11 is 0. The Balaban J connectivity index is 2.32. The van der Waals surface area contributed by atoms with Gasteiger partial charge in [0.2, 0.25) is 0 Å². The van der Waals surface area contributed by atoms with Crippen LogP contribution in [0.25, 0.3) is 0 Å². The predicted octanol–water partition coefficient (Wildman–Crippen LogP) is 1.89. The first kappa shape index (κ1) is 13.3. The molecule has 1 atom stereocenters. The monoisotopic (exact) mass is 250 g/mol. The predicted molar refractivity (Wildman–Crippen MR) is 71.7 cm³/mol. The number of aryl methyl sites for hydroxylation is 1. The van der Waals surface area contributed by atoms with Crippen LogP contribution in [0.4, 0.5) is 5.69 Å². The second kappa shape index (κ2) is 4.86. The Morgan fingerprint density at radius 1 is 1.56 bits per heavy atom. The number of aliphatic hydroxyl groups is 1. The van der Waals surface area contributed by atoms with Crippen LogP contribution in [0.3, 0.4) is 0 Å². The lowest BCUT2D eigenvalue weighted by Gasteiger charge is -2.43. The Hall–Kier alpha value is -1.13. The highest BCUT2D eigenvalue weighted by Crippen LogP contribution is 2.28. The van der Waals surface area contributed by atoms with Gasteiger partial charge in [-0.1, -0.05) is 0 Å². The normalized spacial score (nSPS) is 23.2. The van der Waals surface area contributed by atoms with Crippen molar-refractivity contribution in [3.8, 4) is 0 Å². The quantitative estimate of drug-likeness (QED) is 0.870. The van der Waals surface area contributed by atoms with Crippen molar-refractivity contribution in [3.05, 3.63) is 23.5 Å². The Labute approximate surface area is 109 Å². The molecule has 2 heterocycles. The maximum Gasteiger partial charge on any atom is 0.0805 e. The Morgan fingerprint density at radius 3 is 2.89 bits per heavy atom. The van der Waals surface area contributed by atoms with Crippen LogP contribution in [0.2, 0.25) is 0 Å². The molecule has 1 aromatic rings. The lowest BCUT2D eigenvalue weighted by Crippen LogP contribution is -2.52. The molecule has 1 fully saturated rings. The number of hydrogen-bond acceptors (Lipinski definition) is 4. The van der Waals surface area contributed by atoms with E-state index in [0.29, 0.717) is 0 Å². The van der Waals surface area contributed by atoms with Gasteiger partial charge in [-0.05, 0) is 33.8 Å². The average molecular weight is 250 g/mol. The molecule has 0 radical (unpaired) electrons. The van der Waals surface area contributed by atoms with Gasteiger partial charge in [0, 0.05) is 36.2 Å². The number of morpholine rings is 1. The van der Waals surface area contributed by atoms with Gasteiger partial charge in [-0.15, -0.1) is 0 Å². The number of ether oxygens (including phenoxy) is 1. The molecule has 2 rings (SSSR count). The number of rotatable bonds is 2. The molecule has 1 saturated heterocycles. The van der Waals surface area contributed by atoms with Crippen LogP contribution < -0.4 is 4.90 Å². The summed E-state index contributed by atoms with van der Waals surface area (Å²) in [6.45, 7) is 9.95. The summed E-state index contributed by atoms with van der Waals surface area (Å²) in [7, 11) is 0. The van der Waals surface area contributed by atoms with Crippen LogP contribution >= 0.6 is 0 Å². The first-order valence-corrected chi connectivity index (χ1v) is 6.40. The Kier molecular flexibility index (Phi) is 3.59. The molecular weight excluding hydrogens is 228 g/mol. The fraction of sp³-hybridized carbons (Fsp3) is 0.643. The molecule has 0 bridgehead atoms. The van der Waals surface area contributed by atoms with Crippen molar-refractivity contribution in [2.75, 3.05) is 18.0 Å². The summed E-state index contributed by atoms with van der Waals surface area (Å²) in [5.41, 5.74) is 2.76. The van der Waals surface area contributed by atoms with E-state index in [0.717, 1.165) is 30.0 Å². The van der Waals surface area contributed by atoms with Crippen LogP contribution in [0.1, 0.15) is 32.0 Å². The molecule has 0 amide bonds. The smallest absolute Gasteiger partial charge is 0.0805 e. The highest BCUT2D eigenvalue weighted by Gasteiger charge is 2.32. The van der Waals surface area contributed by atoms with Crippen LogP contribution in [0, 0.1) is 6.92 Å². The number of nitrogens with zero attached hydrogens (tertiary/aromatic N) is 2. The van der Waals surface area contributed by atoms with Crippen molar-refractivity contribution in [2.24, 2.45) is 0 Å². The lowest BCUT2D eigenvalue weighted by atomic mass is 10.0. The zero-order valence-corrected chi connectivity index (χ0v) is 11.6. The molecule has 1 unspecified atom stereocenters. The first-order chi connectivity index (χ1) is 8.41. The van der Waals surface area contributed by atoms with E-state index in [2.05, 4.69) is 30.7 Å². The Morgan fingerprint density at radius 2 is 2.28 bits per heavy atom. The van der Waals surface area contributed by atoms with Crippen molar-refractivity contribution in [2.45, 2.75) is 46.0 Å². The minimum Gasteiger partial charge on any atom is -0.392 e. The summed E-state index contributed by atoms with van der Waals surface area (Å²) in [6.07, 6.45) is 1.95. The molecule has 0 spiro atoms. The van der Waals surface area contributed by atoms with E-state index in [1.807, 2.05) is 13.0 Å². The number of pyridine rings is 1. The summed E-state index contributed by atoms with van der Waals surface area (Å²) in [4.78, 5) is 6.53. The van der Waals surface area contributed by atoms with Gasteiger partial charge in [-0.3, -0.25) is 4.98 Å². The SMILES string of the molecule is Cc1cc(N2CC(C)OC(C)(C)C2)c(CO)cn1. The van der Waals surface area contributed by atoms with Gasteiger partial charge in [0.25, 0.3) is 0 Å². The summed E-state index contributed by atoms with van der Waals surface area (Å²) < 4.78 is 5.91.